The van der Waals surface area contributed by atoms with E-state index in [0.717, 1.165) is 32.5 Å². The van der Waals surface area contributed by atoms with Gasteiger partial charge in [-0.15, -0.1) is 0 Å². The quantitative estimate of drug-likeness (QED) is 0.780. The molecule has 2 aliphatic rings. The summed E-state index contributed by atoms with van der Waals surface area (Å²) in [6, 6.07) is 1.81. The number of hydrogen-bond acceptors (Lipinski definition) is 5. The van der Waals surface area contributed by atoms with E-state index in [1.165, 1.54) is 10.7 Å². The van der Waals surface area contributed by atoms with Crippen molar-refractivity contribution < 1.29 is 14.3 Å². The Labute approximate surface area is 132 Å². The minimum absolute atomic E-state index is 0.0756. The largest absolute Gasteiger partial charge is 0.381 e. The topological polar surface area (TPSA) is 97.6 Å². The zero-order chi connectivity index (χ0) is 15.9. The molecule has 1 spiro atoms. The SMILES string of the molecule is O=C(Nc1cnn2cccnc12)C(=O)NC1CC12CCOCC2. The number of carbonyl (C=O) groups is 2. The van der Waals surface area contributed by atoms with E-state index in [2.05, 4.69) is 20.7 Å². The van der Waals surface area contributed by atoms with E-state index in [1.807, 2.05) is 0 Å². The van der Waals surface area contributed by atoms with Crippen LogP contribution in [0.2, 0.25) is 0 Å². The highest BCUT2D eigenvalue weighted by Crippen LogP contribution is 2.53. The first-order valence-electron chi connectivity index (χ1n) is 7.66. The Morgan fingerprint density at radius 3 is 2.96 bits per heavy atom. The lowest BCUT2D eigenvalue weighted by Crippen LogP contribution is -2.39. The van der Waals surface area contributed by atoms with E-state index in [0.29, 0.717) is 11.3 Å². The molecule has 2 aromatic heterocycles. The Morgan fingerprint density at radius 2 is 2.13 bits per heavy atom. The van der Waals surface area contributed by atoms with Gasteiger partial charge in [-0.05, 0) is 30.7 Å². The Hall–Kier alpha value is -2.48. The molecule has 0 aromatic carbocycles. The van der Waals surface area contributed by atoms with Crippen LogP contribution in [-0.2, 0) is 14.3 Å². The van der Waals surface area contributed by atoms with E-state index in [1.54, 1.807) is 18.5 Å². The number of rotatable bonds is 2. The van der Waals surface area contributed by atoms with Crippen LogP contribution in [0.1, 0.15) is 19.3 Å². The zero-order valence-electron chi connectivity index (χ0n) is 12.5. The highest BCUT2D eigenvalue weighted by molar-refractivity contribution is 6.40. The molecule has 1 aliphatic carbocycles. The summed E-state index contributed by atoms with van der Waals surface area (Å²) in [5.74, 6) is -1.31. The van der Waals surface area contributed by atoms with Crippen molar-refractivity contribution in [3.8, 4) is 0 Å². The molecule has 1 saturated carbocycles. The van der Waals surface area contributed by atoms with Gasteiger partial charge in [0.15, 0.2) is 5.65 Å². The van der Waals surface area contributed by atoms with E-state index in [-0.39, 0.29) is 11.5 Å². The van der Waals surface area contributed by atoms with Crippen molar-refractivity contribution in [3.63, 3.8) is 0 Å². The van der Waals surface area contributed by atoms with Gasteiger partial charge in [-0.3, -0.25) is 9.59 Å². The van der Waals surface area contributed by atoms with Gasteiger partial charge in [0.05, 0.1) is 6.20 Å². The van der Waals surface area contributed by atoms with E-state index < -0.39 is 11.8 Å². The average Bonchev–Trinajstić information content (AvgIpc) is 3.04. The third kappa shape index (κ3) is 2.55. The van der Waals surface area contributed by atoms with Crippen molar-refractivity contribution in [1.82, 2.24) is 19.9 Å². The molecule has 120 valence electrons. The molecular weight excluding hydrogens is 298 g/mol. The Bertz CT molecular complexity index is 765. The van der Waals surface area contributed by atoms with Gasteiger partial charge in [0.1, 0.15) is 5.69 Å². The molecule has 2 amide bonds. The minimum atomic E-state index is -0.695. The predicted molar refractivity (Wildman–Crippen MR) is 80.7 cm³/mol. The summed E-state index contributed by atoms with van der Waals surface area (Å²) in [6.45, 7) is 1.46. The Kier molecular flexibility index (Phi) is 3.26. The van der Waals surface area contributed by atoms with Crippen molar-refractivity contribution in [2.45, 2.75) is 25.3 Å². The molecule has 0 radical (unpaired) electrons. The van der Waals surface area contributed by atoms with Crippen molar-refractivity contribution >= 4 is 23.1 Å². The van der Waals surface area contributed by atoms with Gasteiger partial charge in [-0.1, -0.05) is 0 Å². The number of fused-ring (bicyclic) bond motifs is 1. The van der Waals surface area contributed by atoms with Crippen molar-refractivity contribution in [2.75, 3.05) is 18.5 Å². The number of hydrogen-bond donors (Lipinski definition) is 2. The van der Waals surface area contributed by atoms with Crippen molar-refractivity contribution in [3.05, 3.63) is 24.7 Å². The summed E-state index contributed by atoms with van der Waals surface area (Å²) in [7, 11) is 0. The minimum Gasteiger partial charge on any atom is -0.381 e. The van der Waals surface area contributed by atoms with Crippen LogP contribution >= 0.6 is 0 Å². The molecule has 0 bridgehead atoms. The van der Waals surface area contributed by atoms with Crippen LogP contribution in [0.25, 0.3) is 5.65 Å². The third-order valence-electron chi connectivity index (χ3n) is 4.72. The Morgan fingerprint density at radius 1 is 1.30 bits per heavy atom. The highest BCUT2D eigenvalue weighted by atomic mass is 16.5. The van der Waals surface area contributed by atoms with Crippen LogP contribution in [0.5, 0.6) is 0 Å². The van der Waals surface area contributed by atoms with Crippen LogP contribution in [0.3, 0.4) is 0 Å². The van der Waals surface area contributed by atoms with Gasteiger partial charge >= 0.3 is 11.8 Å². The normalized spacial score (nSPS) is 22.0. The average molecular weight is 315 g/mol. The summed E-state index contributed by atoms with van der Waals surface area (Å²) in [5.41, 5.74) is 1.06. The molecule has 2 fully saturated rings. The van der Waals surface area contributed by atoms with Crippen LogP contribution < -0.4 is 10.6 Å². The molecular formula is C15H17N5O3. The summed E-state index contributed by atoms with van der Waals surface area (Å²) in [4.78, 5) is 28.3. The maximum absolute atomic E-state index is 12.1. The molecule has 8 heteroatoms. The fourth-order valence-electron chi connectivity index (χ4n) is 3.20. The van der Waals surface area contributed by atoms with Crippen LogP contribution in [0.4, 0.5) is 5.69 Å². The molecule has 3 heterocycles. The monoisotopic (exact) mass is 315 g/mol. The molecule has 23 heavy (non-hydrogen) atoms. The highest BCUT2D eigenvalue weighted by Gasteiger charge is 2.55. The number of ether oxygens (including phenoxy) is 1. The molecule has 1 aliphatic heterocycles. The number of nitrogens with zero attached hydrogens (tertiary/aromatic N) is 3. The second-order valence-electron chi connectivity index (χ2n) is 6.11. The van der Waals surface area contributed by atoms with Crippen LogP contribution in [0, 0.1) is 5.41 Å². The second kappa shape index (κ2) is 5.31. The fourth-order valence-corrected chi connectivity index (χ4v) is 3.20. The van der Waals surface area contributed by atoms with Crippen molar-refractivity contribution in [2.24, 2.45) is 5.41 Å². The first kappa shape index (κ1) is 14.1. The molecule has 4 rings (SSSR count). The zero-order valence-corrected chi connectivity index (χ0v) is 12.5. The molecule has 1 saturated heterocycles. The lowest BCUT2D eigenvalue weighted by atomic mass is 9.96. The van der Waals surface area contributed by atoms with E-state index in [4.69, 9.17) is 4.74 Å². The van der Waals surface area contributed by atoms with Crippen molar-refractivity contribution in [1.29, 1.82) is 0 Å². The van der Waals surface area contributed by atoms with Crippen LogP contribution in [-0.4, -0.2) is 45.7 Å². The summed E-state index contributed by atoms with van der Waals surface area (Å²) in [5, 5.41) is 9.45. The third-order valence-corrected chi connectivity index (χ3v) is 4.72. The number of nitrogens with one attached hydrogen (secondary N) is 2. The first-order valence-corrected chi connectivity index (χ1v) is 7.66. The molecule has 1 atom stereocenters. The molecule has 2 aromatic rings. The van der Waals surface area contributed by atoms with Gasteiger partial charge in [-0.2, -0.15) is 5.10 Å². The summed E-state index contributed by atoms with van der Waals surface area (Å²) < 4.78 is 6.88. The number of carbonyl (C=O) groups excluding carboxylic acids is 2. The van der Waals surface area contributed by atoms with Gasteiger partial charge in [0.2, 0.25) is 0 Å². The van der Waals surface area contributed by atoms with E-state index >= 15 is 0 Å². The van der Waals surface area contributed by atoms with Gasteiger partial charge in [0, 0.05) is 31.6 Å². The van der Waals surface area contributed by atoms with Crippen LogP contribution in [0.15, 0.2) is 24.7 Å². The number of anilines is 1. The fraction of sp³-hybridized carbons (Fsp3) is 0.467. The maximum Gasteiger partial charge on any atom is 0.313 e. The van der Waals surface area contributed by atoms with Gasteiger partial charge < -0.3 is 15.4 Å². The number of amides is 2. The molecule has 8 nitrogen and oxygen atoms in total. The smallest absolute Gasteiger partial charge is 0.313 e. The van der Waals surface area contributed by atoms with Gasteiger partial charge in [0.25, 0.3) is 0 Å². The van der Waals surface area contributed by atoms with E-state index in [9.17, 15) is 9.59 Å². The summed E-state index contributed by atoms with van der Waals surface area (Å²) in [6.07, 6.45) is 7.61. The predicted octanol–water partition coefficient (Wildman–Crippen LogP) is 0.353. The van der Waals surface area contributed by atoms with Gasteiger partial charge in [-0.25, -0.2) is 9.50 Å². The maximum atomic E-state index is 12.1. The number of aromatic nitrogens is 3. The summed E-state index contributed by atoms with van der Waals surface area (Å²) >= 11 is 0. The lowest BCUT2D eigenvalue weighted by molar-refractivity contribution is -0.136. The first-order chi connectivity index (χ1) is 11.2. The molecule has 1 unspecified atom stereocenters. The Balaban J connectivity index is 1.38. The standard InChI is InChI=1S/C15H17N5O3/c21-13(18-10-9-17-20-5-1-4-16-12(10)20)14(22)19-11-8-15(11)2-6-23-7-3-15/h1,4-5,9,11H,2-3,6-8H2,(H,18,21)(H,19,22). The lowest BCUT2D eigenvalue weighted by Gasteiger charge is -2.22. The second-order valence-corrected chi connectivity index (χ2v) is 6.11. The molecule has 2 N–H and O–H groups in total.